The Labute approximate surface area is 144 Å². The molecule has 1 unspecified atom stereocenters. The average Bonchev–Trinajstić information content (AvgIpc) is 3.04. The van der Waals surface area contributed by atoms with Gasteiger partial charge >= 0.3 is 5.97 Å². The molecule has 0 fully saturated rings. The van der Waals surface area contributed by atoms with Crippen molar-refractivity contribution in [3.05, 3.63) is 65.5 Å². The van der Waals surface area contributed by atoms with Gasteiger partial charge in [-0.05, 0) is 35.2 Å². The highest BCUT2D eigenvalue weighted by Gasteiger charge is 2.20. The SMILES string of the molecule is Cc1cn[nH]c1C(=O)NCC(Cc1ccc2ccccc2c1)C(=O)O. The molecule has 0 aliphatic rings. The summed E-state index contributed by atoms with van der Waals surface area (Å²) in [4.78, 5) is 23.7. The number of hydrogen-bond donors (Lipinski definition) is 3. The minimum atomic E-state index is -0.935. The van der Waals surface area contributed by atoms with E-state index in [1.54, 1.807) is 13.1 Å². The lowest BCUT2D eigenvalue weighted by atomic mass is 9.97. The van der Waals surface area contributed by atoms with Crippen molar-refractivity contribution in [2.45, 2.75) is 13.3 Å². The van der Waals surface area contributed by atoms with Crippen LogP contribution in [-0.4, -0.2) is 33.7 Å². The minimum Gasteiger partial charge on any atom is -0.481 e. The Hall–Kier alpha value is -3.15. The van der Waals surface area contributed by atoms with Crippen LogP contribution < -0.4 is 5.32 Å². The Balaban J connectivity index is 1.69. The lowest BCUT2D eigenvalue weighted by Gasteiger charge is -2.14. The summed E-state index contributed by atoms with van der Waals surface area (Å²) in [5.74, 6) is -1.98. The van der Waals surface area contributed by atoms with Gasteiger partial charge in [-0.1, -0.05) is 42.5 Å². The third-order valence-electron chi connectivity index (χ3n) is 4.21. The monoisotopic (exact) mass is 337 g/mol. The number of carbonyl (C=O) groups is 2. The number of carbonyl (C=O) groups excluding carboxylic acids is 1. The van der Waals surface area contributed by atoms with E-state index in [2.05, 4.69) is 15.5 Å². The topological polar surface area (TPSA) is 95.1 Å². The molecular weight excluding hydrogens is 318 g/mol. The van der Waals surface area contributed by atoms with E-state index in [0.29, 0.717) is 12.1 Å². The van der Waals surface area contributed by atoms with Crippen molar-refractivity contribution in [3.8, 4) is 0 Å². The number of aliphatic carboxylic acids is 1. The number of aromatic amines is 1. The molecule has 6 nitrogen and oxygen atoms in total. The summed E-state index contributed by atoms with van der Waals surface area (Å²) in [6.07, 6.45) is 1.90. The first-order valence-electron chi connectivity index (χ1n) is 8.03. The summed E-state index contributed by atoms with van der Waals surface area (Å²) in [7, 11) is 0. The van der Waals surface area contributed by atoms with E-state index in [4.69, 9.17) is 0 Å². The lowest BCUT2D eigenvalue weighted by molar-refractivity contribution is -0.141. The highest BCUT2D eigenvalue weighted by molar-refractivity contribution is 5.93. The van der Waals surface area contributed by atoms with E-state index < -0.39 is 11.9 Å². The number of nitrogens with zero attached hydrogens (tertiary/aromatic N) is 1. The molecule has 0 spiro atoms. The third kappa shape index (κ3) is 3.85. The number of aromatic nitrogens is 2. The first-order chi connectivity index (χ1) is 12.0. The molecule has 1 aromatic heterocycles. The average molecular weight is 337 g/mol. The summed E-state index contributed by atoms with van der Waals surface area (Å²) < 4.78 is 0. The molecule has 0 bridgehead atoms. The fraction of sp³-hybridized carbons (Fsp3) is 0.211. The third-order valence-corrected chi connectivity index (χ3v) is 4.21. The van der Waals surface area contributed by atoms with Crippen molar-refractivity contribution in [3.63, 3.8) is 0 Å². The predicted molar refractivity (Wildman–Crippen MR) is 94.4 cm³/mol. The molecule has 1 heterocycles. The lowest BCUT2D eigenvalue weighted by Crippen LogP contribution is -2.34. The Morgan fingerprint density at radius 1 is 1.20 bits per heavy atom. The molecule has 3 rings (SSSR count). The first kappa shape index (κ1) is 16.7. The summed E-state index contributed by atoms with van der Waals surface area (Å²) >= 11 is 0. The molecule has 25 heavy (non-hydrogen) atoms. The number of hydrogen-bond acceptors (Lipinski definition) is 3. The second-order valence-corrected chi connectivity index (χ2v) is 6.06. The first-order valence-corrected chi connectivity index (χ1v) is 8.03. The van der Waals surface area contributed by atoms with Gasteiger partial charge in [0.05, 0.1) is 12.1 Å². The summed E-state index contributed by atoms with van der Waals surface area (Å²) in [5, 5.41) is 20.7. The predicted octanol–water partition coefficient (Wildman–Crippen LogP) is 2.54. The van der Waals surface area contributed by atoms with Crippen LogP contribution in [0.2, 0.25) is 0 Å². The summed E-state index contributed by atoms with van der Waals surface area (Å²) in [5.41, 5.74) is 2.01. The van der Waals surface area contributed by atoms with Crippen molar-refractivity contribution in [1.29, 1.82) is 0 Å². The minimum absolute atomic E-state index is 0.0550. The quantitative estimate of drug-likeness (QED) is 0.644. The van der Waals surface area contributed by atoms with E-state index in [-0.39, 0.29) is 12.5 Å². The zero-order valence-electron chi connectivity index (χ0n) is 13.8. The van der Waals surface area contributed by atoms with Crippen molar-refractivity contribution in [2.75, 3.05) is 6.54 Å². The molecule has 3 aromatic rings. The van der Waals surface area contributed by atoms with Crippen LogP contribution >= 0.6 is 0 Å². The molecule has 0 saturated carbocycles. The fourth-order valence-corrected chi connectivity index (χ4v) is 2.78. The van der Waals surface area contributed by atoms with Gasteiger partial charge in [0.2, 0.25) is 0 Å². The van der Waals surface area contributed by atoms with Gasteiger partial charge in [0.15, 0.2) is 0 Å². The van der Waals surface area contributed by atoms with Crippen molar-refractivity contribution in [2.24, 2.45) is 5.92 Å². The van der Waals surface area contributed by atoms with Gasteiger partial charge in [-0.15, -0.1) is 0 Å². The molecule has 0 aliphatic carbocycles. The number of rotatable bonds is 6. The maximum Gasteiger partial charge on any atom is 0.308 e. The van der Waals surface area contributed by atoms with Crippen LogP contribution in [-0.2, 0) is 11.2 Å². The zero-order chi connectivity index (χ0) is 17.8. The van der Waals surface area contributed by atoms with E-state index in [0.717, 1.165) is 21.9 Å². The summed E-state index contributed by atoms with van der Waals surface area (Å²) in [6, 6.07) is 13.8. The molecule has 0 saturated heterocycles. The molecule has 1 amide bonds. The van der Waals surface area contributed by atoms with Crippen LogP contribution in [0.4, 0.5) is 0 Å². The van der Waals surface area contributed by atoms with E-state index in [1.807, 2.05) is 42.5 Å². The Morgan fingerprint density at radius 2 is 1.96 bits per heavy atom. The number of benzene rings is 2. The van der Waals surface area contributed by atoms with Crippen molar-refractivity contribution >= 4 is 22.6 Å². The van der Waals surface area contributed by atoms with E-state index in [1.165, 1.54) is 0 Å². The Bertz CT molecular complexity index is 917. The van der Waals surface area contributed by atoms with E-state index in [9.17, 15) is 14.7 Å². The number of aryl methyl sites for hydroxylation is 1. The van der Waals surface area contributed by atoms with Gasteiger partial charge in [-0.3, -0.25) is 14.7 Å². The standard InChI is InChI=1S/C19H19N3O3/c1-12-10-21-22-17(12)18(23)20-11-16(19(24)25)9-13-6-7-14-4-2-3-5-15(14)8-13/h2-8,10,16H,9,11H2,1H3,(H,20,23)(H,21,22)(H,24,25). The number of carboxylic acids is 1. The van der Waals surface area contributed by atoms with Crippen molar-refractivity contribution in [1.82, 2.24) is 15.5 Å². The molecule has 2 aromatic carbocycles. The van der Waals surface area contributed by atoms with Gasteiger partial charge in [0.25, 0.3) is 5.91 Å². The number of fused-ring (bicyclic) bond motifs is 1. The Kier molecular flexibility index (Phi) is 4.79. The van der Waals surface area contributed by atoms with Gasteiger partial charge in [0, 0.05) is 6.54 Å². The highest BCUT2D eigenvalue weighted by atomic mass is 16.4. The fourth-order valence-electron chi connectivity index (χ4n) is 2.78. The zero-order valence-corrected chi connectivity index (χ0v) is 13.8. The molecule has 0 radical (unpaired) electrons. The molecule has 3 N–H and O–H groups in total. The van der Waals surface area contributed by atoms with Gasteiger partial charge in [-0.2, -0.15) is 5.10 Å². The molecular formula is C19H19N3O3. The van der Waals surface area contributed by atoms with Crippen LogP contribution in [0.3, 0.4) is 0 Å². The van der Waals surface area contributed by atoms with Crippen LogP contribution in [0.1, 0.15) is 21.6 Å². The molecule has 0 aliphatic heterocycles. The van der Waals surface area contributed by atoms with Crippen LogP contribution in [0, 0.1) is 12.8 Å². The highest BCUT2D eigenvalue weighted by Crippen LogP contribution is 2.18. The number of carboxylic acid groups (broad SMARTS) is 1. The summed E-state index contributed by atoms with van der Waals surface area (Å²) in [6.45, 7) is 1.82. The van der Waals surface area contributed by atoms with Crippen LogP contribution in [0.25, 0.3) is 10.8 Å². The number of amides is 1. The smallest absolute Gasteiger partial charge is 0.308 e. The van der Waals surface area contributed by atoms with Crippen LogP contribution in [0.15, 0.2) is 48.7 Å². The van der Waals surface area contributed by atoms with E-state index >= 15 is 0 Å². The number of nitrogens with one attached hydrogen (secondary N) is 2. The normalized spacial score (nSPS) is 12.0. The van der Waals surface area contributed by atoms with Gasteiger partial charge < -0.3 is 10.4 Å². The largest absolute Gasteiger partial charge is 0.481 e. The van der Waals surface area contributed by atoms with Gasteiger partial charge in [0.1, 0.15) is 5.69 Å². The second-order valence-electron chi connectivity index (χ2n) is 6.06. The maximum atomic E-state index is 12.1. The van der Waals surface area contributed by atoms with Gasteiger partial charge in [-0.25, -0.2) is 0 Å². The molecule has 6 heteroatoms. The van der Waals surface area contributed by atoms with Crippen LogP contribution in [0.5, 0.6) is 0 Å². The maximum absolute atomic E-state index is 12.1. The Morgan fingerprint density at radius 3 is 2.64 bits per heavy atom. The molecule has 1 atom stereocenters. The second kappa shape index (κ2) is 7.17. The van der Waals surface area contributed by atoms with Crippen molar-refractivity contribution < 1.29 is 14.7 Å². The molecule has 128 valence electrons. The number of H-pyrrole nitrogens is 1.